The standard InChI is InChI=1S/C16H19N3O/c1-10-6-4-5-7-13(10)9-18-16-14(15(17)20)11(2)8-12(3)19-16/h4-8H,9H2,1-3H3,(H2,17,20)(H,18,19). The molecule has 20 heavy (non-hydrogen) atoms. The van der Waals surface area contributed by atoms with Gasteiger partial charge in [-0.1, -0.05) is 24.3 Å². The van der Waals surface area contributed by atoms with Crippen LogP contribution < -0.4 is 11.1 Å². The first-order valence-electron chi connectivity index (χ1n) is 6.55. The molecule has 2 rings (SSSR count). The van der Waals surface area contributed by atoms with Gasteiger partial charge in [-0.3, -0.25) is 4.79 Å². The number of primary amides is 1. The SMILES string of the molecule is Cc1cc(C)c(C(N)=O)c(NCc2ccccc2C)n1. The molecule has 0 saturated heterocycles. The summed E-state index contributed by atoms with van der Waals surface area (Å²) in [5.41, 5.74) is 9.98. The number of anilines is 1. The Morgan fingerprint density at radius 3 is 2.55 bits per heavy atom. The number of aryl methyl sites for hydroxylation is 3. The van der Waals surface area contributed by atoms with E-state index in [0.717, 1.165) is 11.3 Å². The second kappa shape index (κ2) is 5.74. The molecule has 1 heterocycles. The number of nitrogens with one attached hydrogen (secondary N) is 1. The van der Waals surface area contributed by atoms with Gasteiger partial charge in [-0.2, -0.15) is 0 Å². The predicted molar refractivity (Wildman–Crippen MR) is 80.7 cm³/mol. The predicted octanol–water partition coefficient (Wildman–Crippen LogP) is 2.72. The third-order valence-electron chi connectivity index (χ3n) is 3.30. The summed E-state index contributed by atoms with van der Waals surface area (Å²) in [6.45, 7) is 6.44. The number of carbonyl (C=O) groups is 1. The fraction of sp³-hybridized carbons (Fsp3) is 0.250. The molecule has 0 bridgehead atoms. The van der Waals surface area contributed by atoms with Gasteiger partial charge in [0.25, 0.3) is 5.91 Å². The fourth-order valence-corrected chi connectivity index (χ4v) is 2.26. The first kappa shape index (κ1) is 14.1. The third-order valence-corrected chi connectivity index (χ3v) is 3.30. The largest absolute Gasteiger partial charge is 0.365 e. The Balaban J connectivity index is 2.30. The number of nitrogens with zero attached hydrogens (tertiary/aromatic N) is 1. The van der Waals surface area contributed by atoms with Crippen LogP contribution in [0.5, 0.6) is 0 Å². The number of hydrogen-bond donors (Lipinski definition) is 2. The number of amides is 1. The number of pyridine rings is 1. The second-order valence-corrected chi connectivity index (χ2v) is 4.95. The van der Waals surface area contributed by atoms with E-state index in [1.807, 2.05) is 32.0 Å². The minimum Gasteiger partial charge on any atom is -0.365 e. The van der Waals surface area contributed by atoms with Crippen LogP contribution in [-0.4, -0.2) is 10.9 Å². The molecule has 4 heteroatoms. The molecule has 0 aliphatic heterocycles. The Morgan fingerprint density at radius 2 is 1.90 bits per heavy atom. The lowest BCUT2D eigenvalue weighted by Gasteiger charge is -2.13. The van der Waals surface area contributed by atoms with Crippen molar-refractivity contribution >= 4 is 11.7 Å². The van der Waals surface area contributed by atoms with Crippen molar-refractivity contribution in [2.24, 2.45) is 5.73 Å². The number of nitrogens with two attached hydrogens (primary N) is 1. The van der Waals surface area contributed by atoms with Crippen molar-refractivity contribution in [1.29, 1.82) is 0 Å². The first-order valence-corrected chi connectivity index (χ1v) is 6.55. The van der Waals surface area contributed by atoms with Gasteiger partial charge in [-0.15, -0.1) is 0 Å². The summed E-state index contributed by atoms with van der Waals surface area (Å²) in [5.74, 6) is 0.0977. The van der Waals surface area contributed by atoms with E-state index in [-0.39, 0.29) is 0 Å². The third kappa shape index (κ3) is 2.96. The Morgan fingerprint density at radius 1 is 1.20 bits per heavy atom. The minimum absolute atomic E-state index is 0.456. The molecule has 1 aromatic heterocycles. The zero-order chi connectivity index (χ0) is 14.7. The molecular weight excluding hydrogens is 250 g/mol. The van der Waals surface area contributed by atoms with E-state index in [0.29, 0.717) is 17.9 Å². The Labute approximate surface area is 119 Å². The Hall–Kier alpha value is -2.36. The summed E-state index contributed by atoms with van der Waals surface area (Å²) in [4.78, 5) is 16.0. The van der Waals surface area contributed by atoms with Gasteiger partial charge in [0.2, 0.25) is 0 Å². The van der Waals surface area contributed by atoms with Gasteiger partial charge in [0.15, 0.2) is 0 Å². The van der Waals surface area contributed by atoms with Crippen LogP contribution in [0, 0.1) is 20.8 Å². The van der Waals surface area contributed by atoms with Crippen molar-refractivity contribution in [3.8, 4) is 0 Å². The average Bonchev–Trinajstić information content (AvgIpc) is 2.36. The maximum atomic E-state index is 11.6. The molecule has 2 aromatic rings. The maximum Gasteiger partial charge on any atom is 0.252 e. The topological polar surface area (TPSA) is 68.0 Å². The number of rotatable bonds is 4. The van der Waals surface area contributed by atoms with E-state index in [9.17, 15) is 4.79 Å². The highest BCUT2D eigenvalue weighted by Crippen LogP contribution is 2.19. The Kier molecular flexibility index (Phi) is 4.03. The summed E-state index contributed by atoms with van der Waals surface area (Å²) in [6.07, 6.45) is 0. The van der Waals surface area contributed by atoms with Gasteiger partial charge in [-0.05, 0) is 43.5 Å². The summed E-state index contributed by atoms with van der Waals surface area (Å²) in [5, 5.41) is 3.22. The highest BCUT2D eigenvalue weighted by molar-refractivity contribution is 5.99. The molecule has 0 aliphatic carbocycles. The number of benzene rings is 1. The van der Waals surface area contributed by atoms with Crippen LogP contribution in [0.15, 0.2) is 30.3 Å². The minimum atomic E-state index is -0.456. The van der Waals surface area contributed by atoms with E-state index in [1.165, 1.54) is 11.1 Å². The second-order valence-electron chi connectivity index (χ2n) is 4.95. The highest BCUT2D eigenvalue weighted by Gasteiger charge is 2.13. The van der Waals surface area contributed by atoms with Gasteiger partial charge >= 0.3 is 0 Å². The van der Waals surface area contributed by atoms with Gasteiger partial charge in [-0.25, -0.2) is 4.98 Å². The molecule has 0 saturated carbocycles. The van der Waals surface area contributed by atoms with Crippen LogP contribution in [0.2, 0.25) is 0 Å². The van der Waals surface area contributed by atoms with Gasteiger partial charge in [0.1, 0.15) is 5.82 Å². The summed E-state index contributed by atoms with van der Waals surface area (Å²) in [7, 11) is 0. The maximum absolute atomic E-state index is 11.6. The summed E-state index contributed by atoms with van der Waals surface area (Å²) in [6, 6.07) is 9.96. The van der Waals surface area contributed by atoms with Crippen molar-refractivity contribution in [1.82, 2.24) is 4.98 Å². The number of carbonyl (C=O) groups excluding carboxylic acids is 1. The van der Waals surface area contributed by atoms with Crippen molar-refractivity contribution in [2.75, 3.05) is 5.32 Å². The Bertz CT molecular complexity index is 650. The molecule has 1 amide bonds. The van der Waals surface area contributed by atoms with Crippen LogP contribution in [0.1, 0.15) is 32.7 Å². The zero-order valence-electron chi connectivity index (χ0n) is 12.0. The molecule has 3 N–H and O–H groups in total. The lowest BCUT2D eigenvalue weighted by molar-refractivity contribution is 0.1000. The van der Waals surface area contributed by atoms with Crippen LogP contribution >= 0.6 is 0 Å². The summed E-state index contributed by atoms with van der Waals surface area (Å²) >= 11 is 0. The molecule has 0 unspecified atom stereocenters. The number of hydrogen-bond acceptors (Lipinski definition) is 3. The van der Waals surface area contributed by atoms with E-state index in [1.54, 1.807) is 0 Å². The molecule has 1 aromatic carbocycles. The van der Waals surface area contributed by atoms with Crippen molar-refractivity contribution < 1.29 is 4.79 Å². The van der Waals surface area contributed by atoms with Crippen LogP contribution in [0.4, 0.5) is 5.82 Å². The van der Waals surface area contributed by atoms with E-state index in [2.05, 4.69) is 29.4 Å². The average molecular weight is 269 g/mol. The first-order chi connectivity index (χ1) is 9.49. The van der Waals surface area contributed by atoms with Gasteiger partial charge < -0.3 is 11.1 Å². The van der Waals surface area contributed by atoms with Gasteiger partial charge in [0, 0.05) is 12.2 Å². The monoisotopic (exact) mass is 269 g/mol. The molecule has 0 radical (unpaired) electrons. The van der Waals surface area contributed by atoms with Crippen molar-refractivity contribution in [3.05, 3.63) is 58.3 Å². The van der Waals surface area contributed by atoms with Crippen LogP contribution in [0.3, 0.4) is 0 Å². The van der Waals surface area contributed by atoms with E-state index in [4.69, 9.17) is 5.73 Å². The molecular formula is C16H19N3O. The van der Waals surface area contributed by atoms with E-state index < -0.39 is 5.91 Å². The van der Waals surface area contributed by atoms with Crippen LogP contribution in [-0.2, 0) is 6.54 Å². The number of aromatic nitrogens is 1. The quantitative estimate of drug-likeness (QED) is 0.896. The highest BCUT2D eigenvalue weighted by atomic mass is 16.1. The molecule has 0 spiro atoms. The van der Waals surface area contributed by atoms with Crippen molar-refractivity contribution in [3.63, 3.8) is 0 Å². The smallest absolute Gasteiger partial charge is 0.252 e. The molecule has 4 nitrogen and oxygen atoms in total. The van der Waals surface area contributed by atoms with E-state index >= 15 is 0 Å². The lowest BCUT2D eigenvalue weighted by Crippen LogP contribution is -2.18. The van der Waals surface area contributed by atoms with Gasteiger partial charge in [0.05, 0.1) is 5.56 Å². The summed E-state index contributed by atoms with van der Waals surface area (Å²) < 4.78 is 0. The van der Waals surface area contributed by atoms with Crippen molar-refractivity contribution in [2.45, 2.75) is 27.3 Å². The normalized spacial score (nSPS) is 10.3. The fourth-order valence-electron chi connectivity index (χ4n) is 2.26. The molecule has 104 valence electrons. The molecule has 0 atom stereocenters. The lowest BCUT2D eigenvalue weighted by atomic mass is 10.1. The molecule has 0 aliphatic rings. The zero-order valence-corrected chi connectivity index (χ0v) is 12.0. The van der Waals surface area contributed by atoms with Crippen LogP contribution in [0.25, 0.3) is 0 Å². The molecule has 0 fully saturated rings.